The molecule has 4 heteroatoms. The summed E-state index contributed by atoms with van der Waals surface area (Å²) in [7, 11) is 3.73. The van der Waals surface area contributed by atoms with Gasteiger partial charge in [-0.3, -0.25) is 0 Å². The van der Waals surface area contributed by atoms with Gasteiger partial charge >= 0.3 is 0 Å². The molecule has 1 atom stereocenters. The van der Waals surface area contributed by atoms with E-state index in [1.165, 1.54) is 5.56 Å². The first kappa shape index (κ1) is 16.9. The van der Waals surface area contributed by atoms with Crippen LogP contribution in [0.3, 0.4) is 0 Å². The Hall–Kier alpha value is -1.13. The van der Waals surface area contributed by atoms with Crippen LogP contribution in [0.25, 0.3) is 0 Å². The molecule has 0 aliphatic heterocycles. The fraction of sp³-hybridized carbons (Fsp3) is 0.688. The van der Waals surface area contributed by atoms with E-state index in [0.717, 1.165) is 31.8 Å². The van der Waals surface area contributed by atoms with Crippen LogP contribution in [0.4, 0.5) is 5.82 Å². The van der Waals surface area contributed by atoms with Gasteiger partial charge in [-0.1, -0.05) is 13.8 Å². The van der Waals surface area contributed by atoms with Crippen LogP contribution in [0.15, 0.2) is 18.3 Å². The predicted octanol–water partition coefficient (Wildman–Crippen LogP) is 3.00. The minimum Gasteiger partial charge on any atom is -0.383 e. The van der Waals surface area contributed by atoms with Crippen LogP contribution in [0, 0.1) is 0 Å². The van der Waals surface area contributed by atoms with Crippen molar-refractivity contribution < 1.29 is 4.74 Å². The maximum Gasteiger partial charge on any atom is 0.129 e. The van der Waals surface area contributed by atoms with Crippen LogP contribution in [-0.4, -0.2) is 38.3 Å². The first-order chi connectivity index (χ1) is 9.67. The van der Waals surface area contributed by atoms with Crippen molar-refractivity contribution in [3.05, 3.63) is 23.9 Å². The molecule has 0 bridgehead atoms. The van der Waals surface area contributed by atoms with E-state index in [1.807, 2.05) is 13.2 Å². The molecule has 1 aromatic rings. The van der Waals surface area contributed by atoms with E-state index in [1.54, 1.807) is 7.11 Å². The summed E-state index contributed by atoms with van der Waals surface area (Å²) in [6.45, 7) is 8.23. The van der Waals surface area contributed by atoms with E-state index in [-0.39, 0.29) is 0 Å². The summed E-state index contributed by atoms with van der Waals surface area (Å²) in [5.74, 6) is 1.05. The third-order valence-corrected chi connectivity index (χ3v) is 3.92. The third kappa shape index (κ3) is 4.46. The molecule has 0 saturated heterocycles. The summed E-state index contributed by atoms with van der Waals surface area (Å²) >= 11 is 0. The van der Waals surface area contributed by atoms with E-state index in [0.29, 0.717) is 12.1 Å². The van der Waals surface area contributed by atoms with E-state index < -0.39 is 0 Å². The van der Waals surface area contributed by atoms with E-state index >= 15 is 0 Å². The molecule has 0 spiro atoms. The summed E-state index contributed by atoms with van der Waals surface area (Å²) in [6, 6.07) is 5.11. The Bertz CT molecular complexity index is 380. The Morgan fingerprint density at radius 2 is 2.05 bits per heavy atom. The lowest BCUT2D eigenvalue weighted by molar-refractivity contribution is 0.202. The van der Waals surface area contributed by atoms with Crippen molar-refractivity contribution in [2.45, 2.75) is 45.7 Å². The molecule has 20 heavy (non-hydrogen) atoms. The lowest BCUT2D eigenvalue weighted by Gasteiger charge is -2.32. The highest BCUT2D eigenvalue weighted by Crippen LogP contribution is 2.21. The summed E-state index contributed by atoms with van der Waals surface area (Å²) in [5.41, 5.74) is 1.27. The Balaban J connectivity index is 2.99. The first-order valence-corrected chi connectivity index (χ1v) is 7.56. The minimum atomic E-state index is 0.336. The maximum atomic E-state index is 5.25. The van der Waals surface area contributed by atoms with Crippen LogP contribution >= 0.6 is 0 Å². The molecule has 1 N–H and O–H groups in total. The van der Waals surface area contributed by atoms with Crippen LogP contribution < -0.4 is 10.2 Å². The molecule has 0 fully saturated rings. The quantitative estimate of drug-likeness (QED) is 0.754. The zero-order chi connectivity index (χ0) is 15.0. The molecule has 1 rings (SSSR count). The van der Waals surface area contributed by atoms with E-state index in [4.69, 9.17) is 4.74 Å². The Morgan fingerprint density at radius 1 is 1.35 bits per heavy atom. The van der Waals surface area contributed by atoms with E-state index in [2.05, 4.69) is 48.1 Å². The number of nitrogens with zero attached hydrogens (tertiary/aromatic N) is 2. The lowest BCUT2D eigenvalue weighted by Crippen LogP contribution is -2.37. The maximum absolute atomic E-state index is 5.25. The van der Waals surface area contributed by atoms with Crippen molar-refractivity contribution in [3.8, 4) is 0 Å². The predicted molar refractivity (Wildman–Crippen MR) is 85.3 cm³/mol. The normalized spacial score (nSPS) is 12.7. The zero-order valence-electron chi connectivity index (χ0n) is 13.5. The summed E-state index contributed by atoms with van der Waals surface area (Å²) in [4.78, 5) is 6.94. The van der Waals surface area contributed by atoms with Gasteiger partial charge in [0.05, 0.1) is 6.61 Å². The molecule has 0 saturated carbocycles. The number of rotatable bonds is 9. The highest BCUT2D eigenvalue weighted by atomic mass is 16.5. The van der Waals surface area contributed by atoms with Gasteiger partial charge in [-0.25, -0.2) is 4.98 Å². The van der Waals surface area contributed by atoms with Crippen molar-refractivity contribution in [2.24, 2.45) is 0 Å². The summed E-state index contributed by atoms with van der Waals surface area (Å²) < 4.78 is 5.25. The largest absolute Gasteiger partial charge is 0.383 e. The molecule has 0 amide bonds. The highest BCUT2D eigenvalue weighted by molar-refractivity contribution is 5.43. The Labute approximate surface area is 123 Å². The second-order valence-corrected chi connectivity index (χ2v) is 5.11. The van der Waals surface area contributed by atoms with E-state index in [9.17, 15) is 0 Å². The monoisotopic (exact) mass is 279 g/mol. The van der Waals surface area contributed by atoms with Gasteiger partial charge < -0.3 is 15.0 Å². The molecule has 0 aliphatic rings. The van der Waals surface area contributed by atoms with Crippen molar-refractivity contribution in [1.29, 1.82) is 0 Å². The molecule has 0 aromatic carbocycles. The molecular formula is C16H29N3O. The standard InChI is InChI=1S/C16H29N3O/c1-6-15(7-2)19(10-11-20-5)16-12-14(8-9-18-16)13(3)17-4/h8-9,12-13,15,17H,6-7,10-11H2,1-5H3. The summed E-state index contributed by atoms with van der Waals surface area (Å²) in [5, 5.41) is 3.28. The van der Waals surface area contributed by atoms with Gasteiger partial charge in [0.15, 0.2) is 0 Å². The Morgan fingerprint density at radius 3 is 2.60 bits per heavy atom. The number of anilines is 1. The number of nitrogens with one attached hydrogen (secondary N) is 1. The van der Waals surface area contributed by atoms with Gasteiger partial charge in [0.25, 0.3) is 0 Å². The fourth-order valence-corrected chi connectivity index (χ4v) is 2.43. The molecule has 0 aliphatic carbocycles. The second kappa shape index (κ2) is 8.93. The van der Waals surface area contributed by atoms with Crippen molar-refractivity contribution in [2.75, 3.05) is 32.2 Å². The van der Waals surface area contributed by atoms with Gasteiger partial charge in [0, 0.05) is 31.9 Å². The average molecular weight is 279 g/mol. The van der Waals surface area contributed by atoms with Gasteiger partial charge in [-0.15, -0.1) is 0 Å². The number of hydrogen-bond donors (Lipinski definition) is 1. The van der Waals surface area contributed by atoms with Crippen molar-refractivity contribution >= 4 is 5.82 Å². The topological polar surface area (TPSA) is 37.4 Å². The Kier molecular flexibility index (Phi) is 7.55. The number of hydrogen-bond acceptors (Lipinski definition) is 4. The van der Waals surface area contributed by atoms with Gasteiger partial charge in [0.1, 0.15) is 5.82 Å². The van der Waals surface area contributed by atoms with Crippen LogP contribution in [0.1, 0.15) is 45.2 Å². The van der Waals surface area contributed by atoms with Gasteiger partial charge in [-0.2, -0.15) is 0 Å². The summed E-state index contributed by atoms with van der Waals surface area (Å²) in [6.07, 6.45) is 4.14. The molecule has 114 valence electrons. The van der Waals surface area contributed by atoms with Crippen LogP contribution in [-0.2, 0) is 4.74 Å². The molecule has 1 heterocycles. The smallest absolute Gasteiger partial charge is 0.129 e. The zero-order valence-corrected chi connectivity index (χ0v) is 13.5. The first-order valence-electron chi connectivity index (χ1n) is 7.56. The molecular weight excluding hydrogens is 250 g/mol. The molecule has 4 nitrogen and oxygen atoms in total. The lowest BCUT2D eigenvalue weighted by atomic mass is 10.1. The van der Waals surface area contributed by atoms with Crippen molar-refractivity contribution in [1.82, 2.24) is 10.3 Å². The molecule has 0 radical (unpaired) electrons. The van der Waals surface area contributed by atoms with Gasteiger partial charge in [-0.05, 0) is 44.5 Å². The highest BCUT2D eigenvalue weighted by Gasteiger charge is 2.17. The fourth-order valence-electron chi connectivity index (χ4n) is 2.43. The van der Waals surface area contributed by atoms with Crippen molar-refractivity contribution in [3.63, 3.8) is 0 Å². The molecule has 1 aromatic heterocycles. The number of methoxy groups -OCH3 is 1. The second-order valence-electron chi connectivity index (χ2n) is 5.11. The molecule has 1 unspecified atom stereocenters. The van der Waals surface area contributed by atoms with Crippen LogP contribution in [0.2, 0.25) is 0 Å². The number of aromatic nitrogens is 1. The minimum absolute atomic E-state index is 0.336. The van der Waals surface area contributed by atoms with Gasteiger partial charge in [0.2, 0.25) is 0 Å². The third-order valence-electron chi connectivity index (χ3n) is 3.92. The average Bonchev–Trinajstić information content (AvgIpc) is 2.50. The van der Waals surface area contributed by atoms with Crippen LogP contribution in [0.5, 0.6) is 0 Å². The number of pyridine rings is 1. The SMILES string of the molecule is CCC(CC)N(CCOC)c1cc(C(C)NC)ccn1. The number of ether oxygens (including phenoxy) is 1.